The van der Waals surface area contributed by atoms with Crippen LogP contribution in [0.1, 0.15) is 25.3 Å². The molecule has 0 radical (unpaired) electrons. The zero-order valence-electron chi connectivity index (χ0n) is 18.6. The predicted molar refractivity (Wildman–Crippen MR) is 130 cm³/mol. The first-order chi connectivity index (χ1) is 14.9. The maximum atomic E-state index is 12.9. The number of anilines is 1. The van der Waals surface area contributed by atoms with Crippen LogP contribution in [0.25, 0.3) is 10.8 Å². The van der Waals surface area contributed by atoms with Crippen LogP contribution < -0.4 is 14.9 Å². The highest BCUT2D eigenvalue weighted by molar-refractivity contribution is 7.89. The average Bonchev–Trinajstić information content (AvgIpc) is 2.75. The zero-order valence-corrected chi connectivity index (χ0v) is 19.5. The van der Waals surface area contributed by atoms with Gasteiger partial charge in [-0.2, -0.15) is 0 Å². The third kappa shape index (κ3) is 6.29. The smallest absolute Gasteiger partial charge is 0.241 e. The second kappa shape index (κ2) is 10.8. The molecule has 0 saturated heterocycles. The molecule has 3 rings (SSSR count). The highest BCUT2D eigenvalue weighted by atomic mass is 32.2. The average molecular weight is 440 g/mol. The summed E-state index contributed by atoms with van der Waals surface area (Å²) in [5, 5.41) is 5.20. The molecule has 0 aliphatic rings. The van der Waals surface area contributed by atoms with Gasteiger partial charge in [-0.05, 0) is 50.4 Å². The molecular formula is C25H33N3O2S. The number of nitrogens with zero attached hydrogens (tertiary/aromatic N) is 1. The molecule has 0 bridgehead atoms. The molecule has 0 saturated carbocycles. The Kier molecular flexibility index (Phi) is 8.07. The third-order valence-electron chi connectivity index (χ3n) is 5.40. The van der Waals surface area contributed by atoms with Crippen LogP contribution >= 0.6 is 0 Å². The molecule has 3 aromatic carbocycles. The first kappa shape index (κ1) is 23.3. The van der Waals surface area contributed by atoms with Crippen LogP contribution in [0.4, 0.5) is 5.69 Å². The van der Waals surface area contributed by atoms with Crippen LogP contribution in [0.5, 0.6) is 0 Å². The fraction of sp³-hybridized carbons (Fsp3) is 0.360. The number of sulfonamides is 1. The Balaban J connectivity index is 1.50. The molecule has 0 aromatic heterocycles. The highest BCUT2D eigenvalue weighted by Gasteiger charge is 2.18. The summed E-state index contributed by atoms with van der Waals surface area (Å²) in [6, 6.07) is 22.0. The molecule has 0 aliphatic heterocycles. The minimum absolute atomic E-state index is 0.336. The van der Waals surface area contributed by atoms with Gasteiger partial charge in [0, 0.05) is 43.1 Å². The number of benzene rings is 3. The van der Waals surface area contributed by atoms with Crippen LogP contribution in [0, 0.1) is 0 Å². The maximum absolute atomic E-state index is 12.9. The highest BCUT2D eigenvalue weighted by Crippen LogP contribution is 2.30. The van der Waals surface area contributed by atoms with E-state index in [2.05, 4.69) is 41.2 Å². The van der Waals surface area contributed by atoms with E-state index in [4.69, 9.17) is 0 Å². The standard InChI is InChI=1S/C25H33N3O2S/c1-20(19-21-11-5-4-6-12-21)26-17-7-8-18-27-31(29,30)25-16-10-13-22-23(25)14-9-15-24(22)28(2)3/h4-6,9-16,20,26-27H,7-8,17-19H2,1-3H3. The number of hydrogen-bond donors (Lipinski definition) is 2. The molecule has 6 heteroatoms. The minimum Gasteiger partial charge on any atom is -0.377 e. The normalized spacial score (nSPS) is 12.7. The van der Waals surface area contributed by atoms with E-state index in [1.807, 2.05) is 55.4 Å². The van der Waals surface area contributed by atoms with Crippen LogP contribution in [0.15, 0.2) is 71.6 Å². The van der Waals surface area contributed by atoms with Crippen molar-refractivity contribution in [3.8, 4) is 0 Å². The maximum Gasteiger partial charge on any atom is 0.241 e. The monoisotopic (exact) mass is 439 g/mol. The van der Waals surface area contributed by atoms with Crippen molar-refractivity contribution >= 4 is 26.5 Å². The molecular weight excluding hydrogens is 406 g/mol. The third-order valence-corrected chi connectivity index (χ3v) is 6.92. The summed E-state index contributed by atoms with van der Waals surface area (Å²) in [5.74, 6) is 0. The van der Waals surface area contributed by atoms with E-state index < -0.39 is 10.0 Å². The van der Waals surface area contributed by atoms with Crippen molar-refractivity contribution in [3.05, 3.63) is 72.3 Å². The number of rotatable bonds is 11. The number of nitrogens with one attached hydrogen (secondary N) is 2. The molecule has 0 amide bonds. The number of fused-ring (bicyclic) bond motifs is 1. The van der Waals surface area contributed by atoms with Crippen LogP contribution in [0.2, 0.25) is 0 Å². The van der Waals surface area contributed by atoms with Gasteiger partial charge in [0.25, 0.3) is 0 Å². The molecule has 1 unspecified atom stereocenters. The Hall–Kier alpha value is -2.41. The lowest BCUT2D eigenvalue weighted by molar-refractivity contribution is 0.521. The first-order valence-corrected chi connectivity index (χ1v) is 12.3. The summed E-state index contributed by atoms with van der Waals surface area (Å²) in [6.45, 7) is 3.48. The van der Waals surface area contributed by atoms with Crippen molar-refractivity contribution in [2.75, 3.05) is 32.1 Å². The van der Waals surface area contributed by atoms with Gasteiger partial charge in [0.15, 0.2) is 0 Å². The second-order valence-corrected chi connectivity index (χ2v) is 9.91. The topological polar surface area (TPSA) is 61.4 Å². The molecule has 5 nitrogen and oxygen atoms in total. The van der Waals surface area contributed by atoms with E-state index in [-0.39, 0.29) is 0 Å². The van der Waals surface area contributed by atoms with Crippen LogP contribution in [-0.4, -0.2) is 41.6 Å². The number of unbranched alkanes of at least 4 members (excludes halogenated alkanes) is 1. The van der Waals surface area contributed by atoms with Gasteiger partial charge in [-0.15, -0.1) is 0 Å². The fourth-order valence-electron chi connectivity index (χ4n) is 3.81. The van der Waals surface area contributed by atoms with Crippen molar-refractivity contribution in [2.24, 2.45) is 0 Å². The summed E-state index contributed by atoms with van der Waals surface area (Å²) in [7, 11) is 0.360. The minimum atomic E-state index is -3.56. The number of hydrogen-bond acceptors (Lipinski definition) is 4. The quantitative estimate of drug-likeness (QED) is 0.440. The van der Waals surface area contributed by atoms with Crippen molar-refractivity contribution in [3.63, 3.8) is 0 Å². The molecule has 0 spiro atoms. The van der Waals surface area contributed by atoms with Gasteiger partial charge in [0.1, 0.15) is 0 Å². The lowest BCUT2D eigenvalue weighted by atomic mass is 10.1. The summed E-state index contributed by atoms with van der Waals surface area (Å²) in [6.07, 6.45) is 2.70. The van der Waals surface area contributed by atoms with Gasteiger partial charge in [0.2, 0.25) is 10.0 Å². The molecule has 3 aromatic rings. The Bertz CT molecular complexity index is 1080. The van der Waals surface area contributed by atoms with E-state index >= 15 is 0 Å². The van der Waals surface area contributed by atoms with Gasteiger partial charge in [-0.25, -0.2) is 13.1 Å². The van der Waals surface area contributed by atoms with E-state index in [9.17, 15) is 8.42 Å². The Morgan fingerprint density at radius 3 is 2.26 bits per heavy atom. The summed E-state index contributed by atoms with van der Waals surface area (Å²) in [5.41, 5.74) is 2.33. The van der Waals surface area contributed by atoms with Gasteiger partial charge >= 0.3 is 0 Å². The summed E-state index contributed by atoms with van der Waals surface area (Å²) in [4.78, 5) is 2.33. The zero-order chi connectivity index (χ0) is 22.3. The lowest BCUT2D eigenvalue weighted by Crippen LogP contribution is -2.30. The molecule has 166 valence electrons. The van der Waals surface area contributed by atoms with Gasteiger partial charge in [-0.3, -0.25) is 0 Å². The van der Waals surface area contributed by atoms with E-state index in [1.165, 1.54) is 5.56 Å². The molecule has 2 N–H and O–H groups in total. The van der Waals surface area contributed by atoms with Gasteiger partial charge in [-0.1, -0.05) is 54.6 Å². The molecule has 1 atom stereocenters. The van der Waals surface area contributed by atoms with E-state index in [1.54, 1.807) is 6.07 Å². The fourth-order valence-corrected chi connectivity index (χ4v) is 5.11. The largest absolute Gasteiger partial charge is 0.377 e. The molecule has 31 heavy (non-hydrogen) atoms. The van der Waals surface area contributed by atoms with Gasteiger partial charge in [0.05, 0.1) is 4.90 Å². The molecule has 0 heterocycles. The second-order valence-electron chi connectivity index (χ2n) is 8.17. The van der Waals surface area contributed by atoms with Crippen LogP contribution in [0.3, 0.4) is 0 Å². The Morgan fingerprint density at radius 1 is 0.839 bits per heavy atom. The lowest BCUT2D eigenvalue weighted by Gasteiger charge is -2.17. The van der Waals surface area contributed by atoms with E-state index in [0.717, 1.165) is 42.3 Å². The molecule has 0 aliphatic carbocycles. The Morgan fingerprint density at radius 2 is 1.52 bits per heavy atom. The van der Waals surface area contributed by atoms with Crippen LogP contribution in [-0.2, 0) is 16.4 Å². The van der Waals surface area contributed by atoms with Crippen molar-refractivity contribution in [1.29, 1.82) is 0 Å². The summed E-state index contributed by atoms with van der Waals surface area (Å²) >= 11 is 0. The van der Waals surface area contributed by atoms with Crippen molar-refractivity contribution in [1.82, 2.24) is 10.0 Å². The summed E-state index contributed by atoms with van der Waals surface area (Å²) < 4.78 is 28.6. The predicted octanol–water partition coefficient (Wildman–Crippen LogP) is 4.19. The van der Waals surface area contributed by atoms with Crippen molar-refractivity contribution in [2.45, 2.75) is 37.1 Å². The first-order valence-electron chi connectivity index (χ1n) is 10.8. The van der Waals surface area contributed by atoms with Crippen molar-refractivity contribution < 1.29 is 8.42 Å². The van der Waals surface area contributed by atoms with E-state index in [0.29, 0.717) is 17.5 Å². The SMILES string of the molecule is CC(Cc1ccccc1)NCCCCNS(=O)(=O)c1cccc2c(N(C)C)cccc12. The van der Waals surface area contributed by atoms with Gasteiger partial charge < -0.3 is 10.2 Å². The Labute approximate surface area is 186 Å². The molecule has 0 fully saturated rings.